The summed E-state index contributed by atoms with van der Waals surface area (Å²) < 4.78 is 10.2. The Morgan fingerprint density at radius 2 is 2.00 bits per heavy atom. The van der Waals surface area contributed by atoms with Gasteiger partial charge in [-0.25, -0.2) is 4.79 Å². The van der Waals surface area contributed by atoms with Crippen molar-refractivity contribution in [2.75, 3.05) is 24.7 Å². The Labute approximate surface area is 179 Å². The van der Waals surface area contributed by atoms with Gasteiger partial charge in [-0.15, -0.1) is 11.8 Å². The molecule has 1 aromatic rings. The topological polar surface area (TPSA) is 88.4 Å². The Morgan fingerprint density at radius 1 is 1.28 bits per heavy atom. The van der Waals surface area contributed by atoms with Gasteiger partial charge in [-0.3, -0.25) is 4.79 Å². The molecule has 0 aliphatic carbocycles. The lowest BCUT2D eigenvalue weighted by Crippen LogP contribution is -2.31. The van der Waals surface area contributed by atoms with Crippen molar-refractivity contribution in [1.82, 2.24) is 5.32 Å². The van der Waals surface area contributed by atoms with Crippen molar-refractivity contribution >= 4 is 35.3 Å². The van der Waals surface area contributed by atoms with E-state index in [-0.39, 0.29) is 18.3 Å². The van der Waals surface area contributed by atoms with Gasteiger partial charge in [0, 0.05) is 22.2 Å². The van der Waals surface area contributed by atoms with E-state index in [0.717, 1.165) is 5.56 Å². The minimum atomic E-state index is -0.600. The van der Waals surface area contributed by atoms with Crippen molar-refractivity contribution in [3.05, 3.63) is 57.4 Å². The lowest BCUT2D eigenvalue weighted by molar-refractivity contribution is -0.140. The van der Waals surface area contributed by atoms with Gasteiger partial charge < -0.3 is 14.8 Å². The molecule has 0 radical (unpaired) electrons. The highest BCUT2D eigenvalue weighted by Crippen LogP contribution is 2.39. The standard InChI is InChI=1S/C21H23ClN2O4S/c1-4-27-18(25)12-29-11-17-20(21(26)28-5-2)19(16(10-23)13(3)24-17)14-7-6-8-15(22)9-14/h6-9,19,24H,4-5,11-12H2,1-3H3. The van der Waals surface area contributed by atoms with Crippen LogP contribution >= 0.6 is 23.4 Å². The van der Waals surface area contributed by atoms with Gasteiger partial charge in [0.15, 0.2) is 0 Å². The summed E-state index contributed by atoms with van der Waals surface area (Å²) in [6.45, 7) is 5.79. The van der Waals surface area contributed by atoms with Gasteiger partial charge in [0.1, 0.15) is 0 Å². The first-order chi connectivity index (χ1) is 13.9. The first kappa shape index (κ1) is 22.9. The molecule has 154 valence electrons. The molecule has 1 atom stereocenters. The average molecular weight is 435 g/mol. The Morgan fingerprint density at radius 3 is 2.62 bits per heavy atom. The minimum Gasteiger partial charge on any atom is -0.465 e. The summed E-state index contributed by atoms with van der Waals surface area (Å²) in [4.78, 5) is 24.5. The Balaban J connectivity index is 2.47. The number of thioether (sulfide) groups is 1. The van der Waals surface area contributed by atoms with Gasteiger partial charge in [-0.2, -0.15) is 5.26 Å². The normalized spacial score (nSPS) is 16.2. The summed E-state index contributed by atoms with van der Waals surface area (Å²) in [6.07, 6.45) is 0. The third kappa shape index (κ3) is 5.78. The van der Waals surface area contributed by atoms with Crippen LogP contribution in [0.1, 0.15) is 32.3 Å². The van der Waals surface area contributed by atoms with E-state index in [4.69, 9.17) is 21.1 Å². The van der Waals surface area contributed by atoms with Gasteiger partial charge in [0.2, 0.25) is 0 Å². The summed E-state index contributed by atoms with van der Waals surface area (Å²) in [5, 5.41) is 13.4. The SMILES string of the molecule is CCOC(=O)CSCC1=C(C(=O)OCC)C(c2cccc(Cl)c2)C(C#N)=C(C)N1. The summed E-state index contributed by atoms with van der Waals surface area (Å²) in [5.41, 5.74) is 2.77. The Kier molecular flexibility index (Phi) is 8.62. The first-order valence-electron chi connectivity index (χ1n) is 9.19. The molecule has 0 aromatic heterocycles. The Hall–Kier alpha value is -2.43. The van der Waals surface area contributed by atoms with Crippen LogP contribution in [0, 0.1) is 11.3 Å². The van der Waals surface area contributed by atoms with Crippen molar-refractivity contribution in [3.63, 3.8) is 0 Å². The quantitative estimate of drug-likeness (QED) is 0.620. The van der Waals surface area contributed by atoms with Crippen LogP contribution in [0.15, 0.2) is 46.8 Å². The first-order valence-corrected chi connectivity index (χ1v) is 10.7. The molecular weight excluding hydrogens is 412 g/mol. The number of dihydropyridines is 1. The highest BCUT2D eigenvalue weighted by molar-refractivity contribution is 8.00. The van der Waals surface area contributed by atoms with Gasteiger partial charge >= 0.3 is 11.9 Å². The number of esters is 2. The van der Waals surface area contributed by atoms with E-state index in [2.05, 4.69) is 11.4 Å². The van der Waals surface area contributed by atoms with Crippen LogP contribution < -0.4 is 5.32 Å². The molecule has 1 aliphatic rings. The summed E-state index contributed by atoms with van der Waals surface area (Å²) >= 11 is 7.49. The molecule has 1 unspecified atom stereocenters. The zero-order valence-corrected chi connectivity index (χ0v) is 18.2. The van der Waals surface area contributed by atoms with E-state index < -0.39 is 11.9 Å². The third-order valence-corrected chi connectivity index (χ3v) is 5.38. The van der Waals surface area contributed by atoms with Crippen molar-refractivity contribution in [2.45, 2.75) is 26.7 Å². The molecule has 0 bridgehead atoms. The van der Waals surface area contributed by atoms with Crippen molar-refractivity contribution in [1.29, 1.82) is 5.26 Å². The van der Waals surface area contributed by atoms with Crippen LogP contribution in [0.5, 0.6) is 0 Å². The number of allylic oxidation sites excluding steroid dienone is 2. The second kappa shape index (κ2) is 10.9. The second-order valence-electron chi connectivity index (χ2n) is 6.17. The number of hydrogen-bond acceptors (Lipinski definition) is 7. The molecule has 6 nitrogen and oxygen atoms in total. The lowest BCUT2D eigenvalue weighted by atomic mass is 9.81. The highest BCUT2D eigenvalue weighted by atomic mass is 35.5. The molecule has 0 saturated heterocycles. The monoisotopic (exact) mass is 434 g/mol. The average Bonchev–Trinajstić information content (AvgIpc) is 2.67. The fraction of sp³-hybridized carbons (Fsp3) is 0.381. The number of hydrogen-bond donors (Lipinski definition) is 1. The fourth-order valence-electron chi connectivity index (χ4n) is 3.07. The van der Waals surface area contributed by atoms with Gasteiger partial charge in [-0.1, -0.05) is 23.7 Å². The van der Waals surface area contributed by atoms with Crippen LogP contribution in [0.2, 0.25) is 5.02 Å². The molecule has 0 spiro atoms. The molecule has 1 aromatic carbocycles. The molecule has 2 rings (SSSR count). The van der Waals surface area contributed by atoms with Gasteiger partial charge in [0.05, 0.1) is 42.1 Å². The number of rotatable bonds is 8. The summed E-state index contributed by atoms with van der Waals surface area (Å²) in [5.74, 6) is -0.901. The maximum absolute atomic E-state index is 12.9. The smallest absolute Gasteiger partial charge is 0.336 e. The molecule has 0 amide bonds. The van der Waals surface area contributed by atoms with Crippen LogP contribution in [-0.4, -0.2) is 36.7 Å². The van der Waals surface area contributed by atoms with Gasteiger partial charge in [0.25, 0.3) is 0 Å². The van der Waals surface area contributed by atoms with Crippen molar-refractivity contribution in [3.8, 4) is 6.07 Å². The summed E-state index contributed by atoms with van der Waals surface area (Å²) in [7, 11) is 0. The van der Waals surface area contributed by atoms with Crippen molar-refractivity contribution in [2.24, 2.45) is 0 Å². The number of carbonyl (C=O) groups excluding carboxylic acids is 2. The van der Waals surface area contributed by atoms with Crippen LogP contribution in [-0.2, 0) is 19.1 Å². The predicted octanol–water partition coefficient (Wildman–Crippen LogP) is 3.94. The number of nitrogens with zero attached hydrogens (tertiary/aromatic N) is 1. The number of carbonyl (C=O) groups is 2. The molecule has 1 N–H and O–H groups in total. The molecule has 29 heavy (non-hydrogen) atoms. The zero-order chi connectivity index (χ0) is 21.4. The van der Waals surface area contributed by atoms with E-state index in [1.165, 1.54) is 11.8 Å². The minimum absolute atomic E-state index is 0.158. The van der Waals surface area contributed by atoms with E-state index in [1.54, 1.807) is 39.0 Å². The third-order valence-electron chi connectivity index (χ3n) is 4.21. The van der Waals surface area contributed by atoms with E-state index in [9.17, 15) is 14.9 Å². The number of nitriles is 1. The molecular formula is C21H23ClN2O4S. The van der Waals surface area contributed by atoms with E-state index >= 15 is 0 Å². The predicted molar refractivity (Wildman–Crippen MR) is 113 cm³/mol. The summed E-state index contributed by atoms with van der Waals surface area (Å²) in [6, 6.07) is 9.30. The van der Waals surface area contributed by atoms with Gasteiger partial charge in [-0.05, 0) is 38.5 Å². The maximum atomic E-state index is 12.9. The zero-order valence-electron chi connectivity index (χ0n) is 16.6. The number of nitrogens with one attached hydrogen (secondary N) is 1. The van der Waals surface area contributed by atoms with Crippen molar-refractivity contribution < 1.29 is 19.1 Å². The van der Waals surface area contributed by atoms with E-state index in [0.29, 0.717) is 39.9 Å². The molecule has 1 aliphatic heterocycles. The largest absolute Gasteiger partial charge is 0.465 e. The fourth-order valence-corrected chi connectivity index (χ4v) is 4.05. The van der Waals surface area contributed by atoms with Crippen LogP contribution in [0.4, 0.5) is 0 Å². The number of ether oxygens (including phenoxy) is 2. The molecule has 1 heterocycles. The van der Waals surface area contributed by atoms with Crippen LogP contribution in [0.3, 0.4) is 0 Å². The maximum Gasteiger partial charge on any atom is 0.336 e. The molecule has 0 fully saturated rings. The highest BCUT2D eigenvalue weighted by Gasteiger charge is 2.35. The number of benzene rings is 1. The number of halogens is 1. The van der Waals surface area contributed by atoms with E-state index in [1.807, 2.05) is 6.07 Å². The lowest BCUT2D eigenvalue weighted by Gasteiger charge is -2.29. The van der Waals surface area contributed by atoms with Crippen LogP contribution in [0.25, 0.3) is 0 Å². The molecule has 8 heteroatoms. The Bertz CT molecular complexity index is 889. The second-order valence-corrected chi connectivity index (χ2v) is 7.60. The molecule has 0 saturated carbocycles.